The number of rotatable bonds is 4. The van der Waals surface area contributed by atoms with Crippen LogP contribution in [0, 0.1) is 5.92 Å². The maximum atomic E-state index is 12.6. The van der Waals surface area contributed by atoms with E-state index in [-0.39, 0.29) is 17.3 Å². The Morgan fingerprint density at radius 1 is 1.24 bits per heavy atom. The van der Waals surface area contributed by atoms with Crippen LogP contribution in [-0.2, 0) is 11.3 Å². The highest BCUT2D eigenvalue weighted by Crippen LogP contribution is 2.36. The van der Waals surface area contributed by atoms with Gasteiger partial charge in [-0.3, -0.25) is 0 Å². The summed E-state index contributed by atoms with van der Waals surface area (Å²) >= 11 is 12.8. The second-order valence-electron chi connectivity index (χ2n) is 9.34. The quantitative estimate of drug-likeness (QED) is 0.415. The molecule has 176 valence electrons. The van der Waals surface area contributed by atoms with Gasteiger partial charge in [-0.25, -0.2) is 9.78 Å². The molecule has 2 aromatic heterocycles. The third-order valence-electron chi connectivity index (χ3n) is 5.67. The topological polar surface area (TPSA) is 69.5 Å². The number of hydrogen-bond donors (Lipinski definition) is 0. The fourth-order valence-corrected chi connectivity index (χ4v) is 4.62. The van der Waals surface area contributed by atoms with Gasteiger partial charge >= 0.3 is 6.09 Å². The number of hydrogen-bond acceptors (Lipinski definition) is 5. The van der Waals surface area contributed by atoms with Crippen molar-refractivity contribution in [3.05, 3.63) is 40.8 Å². The van der Waals surface area contributed by atoms with Crippen molar-refractivity contribution in [3.8, 4) is 17.0 Å². The predicted octanol–water partition coefficient (Wildman–Crippen LogP) is 6.06. The van der Waals surface area contributed by atoms with Crippen LogP contribution in [0.25, 0.3) is 22.3 Å². The van der Waals surface area contributed by atoms with E-state index in [9.17, 15) is 4.79 Å². The van der Waals surface area contributed by atoms with Gasteiger partial charge in [0, 0.05) is 36.8 Å². The minimum absolute atomic E-state index is 0.188. The standard InChI is InChI=1S/C24H28Cl2N4O3/c1-24(2,3)33-23(31)29-9-5-6-15(13-29)14-30-20(10-16-12-27-22(26)28-21(16)30)18-8-7-17(32-4)11-19(18)25/h7-8,10-12,15H,5-6,9,13-14H2,1-4H3. The fourth-order valence-electron chi connectivity index (χ4n) is 4.22. The first-order chi connectivity index (χ1) is 15.6. The number of aromatic nitrogens is 3. The van der Waals surface area contributed by atoms with E-state index in [0.717, 1.165) is 35.1 Å². The second kappa shape index (κ2) is 9.39. The number of likely N-dealkylation sites (tertiary alicyclic amines) is 1. The van der Waals surface area contributed by atoms with Crippen molar-refractivity contribution in [2.24, 2.45) is 5.92 Å². The first-order valence-electron chi connectivity index (χ1n) is 11.0. The van der Waals surface area contributed by atoms with E-state index in [1.807, 2.05) is 39.0 Å². The molecular formula is C24H28Cl2N4O3. The number of ether oxygens (including phenoxy) is 2. The molecule has 1 aliphatic heterocycles. The zero-order chi connectivity index (χ0) is 23.8. The molecule has 0 saturated carbocycles. The van der Waals surface area contributed by atoms with Crippen LogP contribution < -0.4 is 4.74 Å². The summed E-state index contributed by atoms with van der Waals surface area (Å²) in [5.41, 5.74) is 2.01. The van der Waals surface area contributed by atoms with Crippen molar-refractivity contribution >= 4 is 40.3 Å². The average Bonchev–Trinajstić information content (AvgIpc) is 3.10. The van der Waals surface area contributed by atoms with E-state index in [4.69, 9.17) is 32.7 Å². The summed E-state index contributed by atoms with van der Waals surface area (Å²) in [6, 6.07) is 7.64. The Morgan fingerprint density at radius 3 is 2.73 bits per heavy atom. The first-order valence-corrected chi connectivity index (χ1v) is 11.7. The summed E-state index contributed by atoms with van der Waals surface area (Å²) in [6.45, 7) is 7.62. The van der Waals surface area contributed by atoms with E-state index in [1.165, 1.54) is 0 Å². The van der Waals surface area contributed by atoms with Gasteiger partial charge in [-0.1, -0.05) is 11.6 Å². The number of halogens is 2. The number of carbonyl (C=O) groups excluding carboxylic acids is 1. The Hall–Kier alpha value is -2.51. The minimum Gasteiger partial charge on any atom is -0.497 e. The first kappa shape index (κ1) is 23.6. The third-order valence-corrected chi connectivity index (χ3v) is 6.16. The molecule has 3 heterocycles. The summed E-state index contributed by atoms with van der Waals surface area (Å²) in [4.78, 5) is 23.1. The number of carbonyl (C=O) groups is 1. The lowest BCUT2D eigenvalue weighted by Gasteiger charge is -2.34. The molecule has 7 nitrogen and oxygen atoms in total. The summed E-state index contributed by atoms with van der Waals surface area (Å²) in [5.74, 6) is 0.918. The maximum absolute atomic E-state index is 12.6. The number of piperidine rings is 1. The Balaban J connectivity index is 1.67. The van der Waals surface area contributed by atoms with E-state index >= 15 is 0 Å². The number of fused-ring (bicyclic) bond motifs is 1. The highest BCUT2D eigenvalue weighted by Gasteiger charge is 2.29. The van der Waals surface area contributed by atoms with Crippen molar-refractivity contribution in [2.45, 2.75) is 45.8 Å². The highest BCUT2D eigenvalue weighted by molar-refractivity contribution is 6.33. The molecule has 1 aliphatic rings. The molecule has 33 heavy (non-hydrogen) atoms. The number of benzene rings is 1. The van der Waals surface area contributed by atoms with E-state index < -0.39 is 5.60 Å². The lowest BCUT2D eigenvalue weighted by atomic mass is 9.98. The van der Waals surface area contributed by atoms with Gasteiger partial charge in [0.15, 0.2) is 0 Å². The van der Waals surface area contributed by atoms with Crippen LogP contribution in [0.1, 0.15) is 33.6 Å². The van der Waals surface area contributed by atoms with Crippen molar-refractivity contribution in [1.82, 2.24) is 19.4 Å². The highest BCUT2D eigenvalue weighted by atomic mass is 35.5. The van der Waals surface area contributed by atoms with E-state index in [0.29, 0.717) is 30.4 Å². The molecule has 1 aromatic carbocycles. The van der Waals surface area contributed by atoms with E-state index in [2.05, 4.69) is 14.5 Å². The van der Waals surface area contributed by atoms with Gasteiger partial charge in [-0.15, -0.1) is 0 Å². The monoisotopic (exact) mass is 490 g/mol. The molecule has 1 atom stereocenters. The van der Waals surface area contributed by atoms with Crippen molar-refractivity contribution in [3.63, 3.8) is 0 Å². The van der Waals surface area contributed by atoms with Gasteiger partial charge in [-0.05, 0) is 75.4 Å². The molecule has 0 N–H and O–H groups in total. The lowest BCUT2D eigenvalue weighted by Crippen LogP contribution is -2.43. The Bertz CT molecular complexity index is 1170. The second-order valence-corrected chi connectivity index (χ2v) is 10.1. The number of nitrogens with zero attached hydrogens (tertiary/aromatic N) is 4. The molecule has 1 unspecified atom stereocenters. The van der Waals surface area contributed by atoms with Crippen LogP contribution in [0.5, 0.6) is 5.75 Å². The summed E-state index contributed by atoms with van der Waals surface area (Å²) < 4.78 is 13.0. The van der Waals surface area contributed by atoms with Crippen LogP contribution in [-0.4, -0.2) is 51.3 Å². The molecular weight excluding hydrogens is 463 g/mol. The van der Waals surface area contributed by atoms with Crippen LogP contribution in [0.3, 0.4) is 0 Å². The molecule has 1 fully saturated rings. The lowest BCUT2D eigenvalue weighted by molar-refractivity contribution is 0.0158. The van der Waals surface area contributed by atoms with Crippen LogP contribution >= 0.6 is 23.2 Å². The maximum Gasteiger partial charge on any atom is 0.410 e. The third kappa shape index (κ3) is 5.36. The molecule has 1 saturated heterocycles. The molecule has 9 heteroatoms. The largest absolute Gasteiger partial charge is 0.497 e. The Kier molecular flexibility index (Phi) is 6.73. The summed E-state index contributed by atoms with van der Waals surface area (Å²) in [6.07, 6.45) is 3.36. The smallest absolute Gasteiger partial charge is 0.410 e. The van der Waals surface area contributed by atoms with Crippen LogP contribution in [0.15, 0.2) is 30.5 Å². The fraction of sp³-hybridized carbons (Fsp3) is 0.458. The minimum atomic E-state index is -0.521. The van der Waals surface area contributed by atoms with Crippen LogP contribution in [0.4, 0.5) is 4.79 Å². The van der Waals surface area contributed by atoms with Crippen molar-refractivity contribution in [1.29, 1.82) is 0 Å². The zero-order valence-electron chi connectivity index (χ0n) is 19.3. The van der Waals surface area contributed by atoms with Gasteiger partial charge in [0.05, 0.1) is 17.8 Å². The Labute approximate surface area is 203 Å². The van der Waals surface area contributed by atoms with Crippen molar-refractivity contribution < 1.29 is 14.3 Å². The predicted molar refractivity (Wildman–Crippen MR) is 130 cm³/mol. The van der Waals surface area contributed by atoms with Gasteiger partial charge in [0.25, 0.3) is 0 Å². The molecule has 0 bridgehead atoms. The van der Waals surface area contributed by atoms with E-state index in [1.54, 1.807) is 24.3 Å². The SMILES string of the molecule is COc1ccc(-c2cc3cnc(Cl)nc3n2CC2CCCN(C(=O)OC(C)(C)C)C2)c(Cl)c1. The molecule has 4 rings (SSSR count). The summed E-state index contributed by atoms with van der Waals surface area (Å²) in [7, 11) is 1.61. The normalized spacial score (nSPS) is 16.8. The molecule has 3 aromatic rings. The Morgan fingerprint density at radius 2 is 2.03 bits per heavy atom. The van der Waals surface area contributed by atoms with Gasteiger partial charge in [-0.2, -0.15) is 4.98 Å². The molecule has 0 aliphatic carbocycles. The van der Waals surface area contributed by atoms with Crippen LogP contribution in [0.2, 0.25) is 10.3 Å². The number of amides is 1. The van der Waals surface area contributed by atoms with Crippen molar-refractivity contribution in [2.75, 3.05) is 20.2 Å². The van der Waals surface area contributed by atoms with Gasteiger partial charge in [0.2, 0.25) is 5.28 Å². The molecule has 0 radical (unpaired) electrons. The number of methoxy groups -OCH3 is 1. The average molecular weight is 491 g/mol. The van der Waals surface area contributed by atoms with Gasteiger partial charge in [0.1, 0.15) is 17.0 Å². The van der Waals surface area contributed by atoms with Gasteiger partial charge < -0.3 is 18.9 Å². The summed E-state index contributed by atoms with van der Waals surface area (Å²) in [5, 5.41) is 1.64. The zero-order valence-corrected chi connectivity index (χ0v) is 20.8. The molecule has 0 spiro atoms. The molecule has 1 amide bonds.